The minimum Gasteiger partial charge on any atom is -0.506 e. The van der Waals surface area contributed by atoms with E-state index in [1.165, 1.54) is 11.3 Å². The molecule has 2 aromatic heterocycles. The highest BCUT2D eigenvalue weighted by Crippen LogP contribution is 2.35. The van der Waals surface area contributed by atoms with Crippen molar-refractivity contribution in [1.29, 1.82) is 0 Å². The standard InChI is InChI=1S/C24H21N3O3S/c28-19-10-5-4-9-18(19)26-12-14-27(15-13-26)24(29)22-21(17-7-2-1-3-8-17)25-23(31-22)20-11-6-16-30-20/h1-11,16,28H,12-15H2. The van der Waals surface area contributed by atoms with Crippen molar-refractivity contribution in [3.63, 3.8) is 0 Å². The van der Waals surface area contributed by atoms with Crippen LogP contribution in [0.3, 0.4) is 0 Å². The Morgan fingerprint density at radius 1 is 0.935 bits per heavy atom. The molecule has 1 fully saturated rings. The van der Waals surface area contributed by atoms with Gasteiger partial charge in [-0.05, 0) is 24.3 Å². The molecule has 156 valence electrons. The van der Waals surface area contributed by atoms with Crippen LogP contribution in [0.1, 0.15) is 9.67 Å². The second-order valence-corrected chi connectivity index (χ2v) is 8.31. The SMILES string of the molecule is O=C(c1sc(-c2ccco2)nc1-c1ccccc1)N1CCN(c2ccccc2O)CC1. The number of phenols is 1. The van der Waals surface area contributed by atoms with Gasteiger partial charge in [0, 0.05) is 31.7 Å². The summed E-state index contributed by atoms with van der Waals surface area (Å²) >= 11 is 1.36. The van der Waals surface area contributed by atoms with Crippen LogP contribution in [0.15, 0.2) is 77.4 Å². The van der Waals surface area contributed by atoms with Gasteiger partial charge in [-0.3, -0.25) is 4.79 Å². The number of carbonyl (C=O) groups excluding carboxylic acids is 1. The fourth-order valence-electron chi connectivity index (χ4n) is 3.79. The molecule has 1 saturated heterocycles. The lowest BCUT2D eigenvalue weighted by molar-refractivity contribution is 0.0752. The second kappa shape index (κ2) is 8.28. The first-order valence-corrected chi connectivity index (χ1v) is 10.9. The lowest BCUT2D eigenvalue weighted by atomic mass is 10.1. The highest BCUT2D eigenvalue weighted by atomic mass is 32.1. The molecule has 0 spiro atoms. The zero-order chi connectivity index (χ0) is 21.2. The van der Waals surface area contributed by atoms with Gasteiger partial charge in [-0.25, -0.2) is 4.98 Å². The second-order valence-electron chi connectivity index (χ2n) is 7.31. The predicted octanol–water partition coefficient (Wildman–Crippen LogP) is 4.74. The molecule has 1 N–H and O–H groups in total. The fourth-order valence-corrected chi connectivity index (χ4v) is 4.81. The van der Waals surface area contributed by atoms with Gasteiger partial charge in [0.25, 0.3) is 5.91 Å². The van der Waals surface area contributed by atoms with Crippen molar-refractivity contribution in [3.8, 4) is 27.8 Å². The van der Waals surface area contributed by atoms with E-state index in [9.17, 15) is 9.90 Å². The average Bonchev–Trinajstić information content (AvgIpc) is 3.50. The number of carbonyl (C=O) groups is 1. The molecule has 4 aromatic rings. The minimum absolute atomic E-state index is 0.0221. The molecule has 5 rings (SSSR count). The predicted molar refractivity (Wildman–Crippen MR) is 121 cm³/mol. The number of amides is 1. The van der Waals surface area contributed by atoms with Crippen molar-refractivity contribution in [3.05, 3.63) is 77.9 Å². The monoisotopic (exact) mass is 431 g/mol. The number of nitrogens with zero attached hydrogens (tertiary/aromatic N) is 3. The smallest absolute Gasteiger partial charge is 0.266 e. The van der Waals surface area contributed by atoms with Crippen LogP contribution in [0.4, 0.5) is 5.69 Å². The Hall–Kier alpha value is -3.58. The molecule has 1 amide bonds. The van der Waals surface area contributed by atoms with E-state index in [1.54, 1.807) is 12.3 Å². The third-order valence-electron chi connectivity index (χ3n) is 5.39. The van der Waals surface area contributed by atoms with Gasteiger partial charge in [-0.1, -0.05) is 42.5 Å². The van der Waals surface area contributed by atoms with Gasteiger partial charge in [-0.2, -0.15) is 0 Å². The summed E-state index contributed by atoms with van der Waals surface area (Å²) in [6.45, 7) is 2.48. The average molecular weight is 432 g/mol. The molecule has 0 atom stereocenters. The molecule has 1 aliphatic heterocycles. The summed E-state index contributed by atoms with van der Waals surface area (Å²) in [7, 11) is 0. The van der Waals surface area contributed by atoms with Gasteiger partial charge in [0.15, 0.2) is 10.8 Å². The van der Waals surface area contributed by atoms with Crippen LogP contribution in [-0.2, 0) is 0 Å². The van der Waals surface area contributed by atoms with E-state index in [2.05, 4.69) is 4.90 Å². The molecule has 1 aliphatic rings. The van der Waals surface area contributed by atoms with Crippen LogP contribution in [0, 0.1) is 0 Å². The third kappa shape index (κ3) is 3.80. The van der Waals surface area contributed by atoms with Gasteiger partial charge < -0.3 is 19.3 Å². The number of hydrogen-bond acceptors (Lipinski definition) is 6. The first-order chi connectivity index (χ1) is 15.2. The van der Waals surface area contributed by atoms with Crippen LogP contribution < -0.4 is 4.90 Å². The Morgan fingerprint density at radius 3 is 2.39 bits per heavy atom. The highest BCUT2D eigenvalue weighted by molar-refractivity contribution is 7.17. The van der Waals surface area contributed by atoms with Crippen LogP contribution in [0.2, 0.25) is 0 Å². The Balaban J connectivity index is 1.41. The Kier molecular flexibility index (Phi) is 5.18. The van der Waals surface area contributed by atoms with Crippen LogP contribution in [-0.4, -0.2) is 47.1 Å². The minimum atomic E-state index is -0.0221. The van der Waals surface area contributed by atoms with Crippen molar-refractivity contribution in [2.75, 3.05) is 31.1 Å². The van der Waals surface area contributed by atoms with Crippen molar-refractivity contribution < 1.29 is 14.3 Å². The Labute approximate surface area is 184 Å². The molecule has 0 saturated carbocycles. The number of rotatable bonds is 4. The third-order valence-corrected chi connectivity index (χ3v) is 6.45. The number of thiazole rings is 1. The largest absolute Gasteiger partial charge is 0.506 e. The summed E-state index contributed by atoms with van der Waals surface area (Å²) in [5, 5.41) is 10.8. The summed E-state index contributed by atoms with van der Waals surface area (Å²) in [5.74, 6) is 0.899. The number of phenolic OH excluding ortho intramolecular Hbond substituents is 1. The lowest BCUT2D eigenvalue weighted by Gasteiger charge is -2.36. The Morgan fingerprint density at radius 2 is 1.68 bits per heavy atom. The van der Waals surface area contributed by atoms with Gasteiger partial charge >= 0.3 is 0 Å². The van der Waals surface area contributed by atoms with Crippen LogP contribution in [0.25, 0.3) is 22.0 Å². The first kappa shape index (κ1) is 19.4. The first-order valence-electron chi connectivity index (χ1n) is 10.1. The number of furan rings is 1. The summed E-state index contributed by atoms with van der Waals surface area (Å²) in [4.78, 5) is 22.8. The number of anilines is 1. The number of aromatic nitrogens is 1. The van der Waals surface area contributed by atoms with Gasteiger partial charge in [-0.15, -0.1) is 11.3 Å². The van der Waals surface area contributed by atoms with Gasteiger partial charge in [0.2, 0.25) is 0 Å². The number of hydrogen-bond donors (Lipinski definition) is 1. The molecule has 0 aliphatic carbocycles. The normalized spacial score (nSPS) is 14.1. The fraction of sp³-hybridized carbons (Fsp3) is 0.167. The van der Waals surface area contributed by atoms with E-state index in [0.717, 1.165) is 11.3 Å². The zero-order valence-corrected chi connectivity index (χ0v) is 17.6. The number of aromatic hydroxyl groups is 1. The zero-order valence-electron chi connectivity index (χ0n) is 16.8. The maximum absolute atomic E-state index is 13.5. The topological polar surface area (TPSA) is 69.8 Å². The van der Waals surface area contributed by atoms with E-state index >= 15 is 0 Å². The van der Waals surface area contributed by atoms with E-state index in [-0.39, 0.29) is 11.7 Å². The molecular formula is C24H21N3O3S. The lowest BCUT2D eigenvalue weighted by Crippen LogP contribution is -2.48. The molecule has 0 unspecified atom stereocenters. The van der Waals surface area contributed by atoms with E-state index in [4.69, 9.17) is 9.40 Å². The van der Waals surface area contributed by atoms with Gasteiger partial charge in [0.1, 0.15) is 10.6 Å². The summed E-state index contributed by atoms with van der Waals surface area (Å²) < 4.78 is 5.52. The maximum atomic E-state index is 13.5. The molecule has 0 bridgehead atoms. The summed E-state index contributed by atoms with van der Waals surface area (Å²) in [6, 6.07) is 20.7. The van der Waals surface area contributed by atoms with Crippen molar-refractivity contribution in [2.45, 2.75) is 0 Å². The molecular weight excluding hydrogens is 410 g/mol. The van der Waals surface area contributed by atoms with Gasteiger partial charge in [0.05, 0.1) is 17.6 Å². The molecule has 7 heteroatoms. The van der Waals surface area contributed by atoms with Crippen molar-refractivity contribution in [2.24, 2.45) is 0 Å². The van der Waals surface area contributed by atoms with E-state index < -0.39 is 0 Å². The number of benzene rings is 2. The number of para-hydroxylation sites is 2. The molecule has 31 heavy (non-hydrogen) atoms. The molecule has 2 aromatic carbocycles. The molecule has 0 radical (unpaired) electrons. The van der Waals surface area contributed by atoms with Crippen molar-refractivity contribution >= 4 is 22.9 Å². The summed E-state index contributed by atoms with van der Waals surface area (Å²) in [5.41, 5.74) is 2.40. The highest BCUT2D eigenvalue weighted by Gasteiger charge is 2.28. The van der Waals surface area contributed by atoms with Crippen molar-refractivity contribution in [1.82, 2.24) is 9.88 Å². The van der Waals surface area contributed by atoms with E-state index in [0.29, 0.717) is 47.5 Å². The quantitative estimate of drug-likeness (QED) is 0.506. The van der Waals surface area contributed by atoms with Crippen LogP contribution in [0.5, 0.6) is 5.75 Å². The van der Waals surface area contributed by atoms with E-state index in [1.807, 2.05) is 65.6 Å². The molecule has 6 nitrogen and oxygen atoms in total. The van der Waals surface area contributed by atoms with Crippen LogP contribution >= 0.6 is 11.3 Å². The number of piperazine rings is 1. The maximum Gasteiger partial charge on any atom is 0.266 e. The Bertz CT molecular complexity index is 1180. The molecule has 3 heterocycles. The summed E-state index contributed by atoms with van der Waals surface area (Å²) in [6.07, 6.45) is 1.61.